The van der Waals surface area contributed by atoms with Gasteiger partial charge in [0.15, 0.2) is 5.71 Å². The van der Waals surface area contributed by atoms with Crippen LogP contribution >= 0.6 is 0 Å². The average molecular weight is 729 g/mol. The Morgan fingerprint density at radius 2 is 1.62 bits per heavy atom. The summed E-state index contributed by atoms with van der Waals surface area (Å²) in [6.07, 6.45) is 13.1. The number of fused-ring (bicyclic) bond motifs is 2. The number of anilines is 1. The molecule has 1 aliphatic carbocycles. The fraction of sp³-hybridized carbons (Fsp3) is 0.488. The third-order valence-electron chi connectivity index (χ3n) is 10.5. The van der Waals surface area contributed by atoms with Crippen molar-refractivity contribution in [1.82, 2.24) is 4.90 Å². The van der Waals surface area contributed by atoms with E-state index in [0.717, 1.165) is 60.5 Å². The van der Waals surface area contributed by atoms with Crippen LogP contribution in [0.3, 0.4) is 0 Å². The van der Waals surface area contributed by atoms with Crippen LogP contribution < -0.4 is 4.90 Å². The Morgan fingerprint density at radius 3 is 2.29 bits per heavy atom. The van der Waals surface area contributed by atoms with E-state index >= 15 is 0 Å². The summed E-state index contributed by atoms with van der Waals surface area (Å²) in [5.41, 5.74) is 9.14. The molecule has 0 saturated heterocycles. The molecular formula is C43H58N3O5S+. The highest BCUT2D eigenvalue weighted by Gasteiger charge is 2.44. The maximum absolute atomic E-state index is 13.6. The molecule has 0 radical (unpaired) electrons. The van der Waals surface area contributed by atoms with Crippen molar-refractivity contribution in [3.8, 4) is 0 Å². The molecule has 0 atom stereocenters. The molecule has 3 aliphatic rings. The maximum Gasteiger partial charge on any atom is 0.414 e. The van der Waals surface area contributed by atoms with Crippen molar-refractivity contribution in [3.05, 3.63) is 107 Å². The molecule has 1 N–H and O–H groups in total. The monoisotopic (exact) mass is 728 g/mol. The van der Waals surface area contributed by atoms with E-state index < -0.39 is 21.8 Å². The molecule has 0 unspecified atom stereocenters. The van der Waals surface area contributed by atoms with Gasteiger partial charge in [-0.3, -0.25) is 9.45 Å². The fourth-order valence-corrected chi connectivity index (χ4v) is 8.45. The van der Waals surface area contributed by atoms with E-state index in [1.165, 1.54) is 22.5 Å². The summed E-state index contributed by atoms with van der Waals surface area (Å²) < 4.78 is 40.3. The van der Waals surface area contributed by atoms with Crippen LogP contribution in [0, 0.1) is 0 Å². The van der Waals surface area contributed by atoms with E-state index in [1.807, 2.05) is 26.8 Å². The Bertz CT molecular complexity index is 1960. The van der Waals surface area contributed by atoms with Crippen LogP contribution in [-0.4, -0.2) is 65.7 Å². The van der Waals surface area contributed by atoms with Gasteiger partial charge in [0.1, 0.15) is 12.1 Å². The summed E-state index contributed by atoms with van der Waals surface area (Å²) in [4.78, 5) is 17.8. The van der Waals surface area contributed by atoms with Crippen LogP contribution in [0.1, 0.15) is 105 Å². The van der Waals surface area contributed by atoms with Crippen LogP contribution in [0.5, 0.6) is 0 Å². The predicted octanol–water partition coefficient (Wildman–Crippen LogP) is 9.61. The Labute approximate surface area is 312 Å². The number of nitrogens with zero attached hydrogens (tertiary/aromatic N) is 3. The molecule has 1 amide bonds. The molecule has 52 heavy (non-hydrogen) atoms. The van der Waals surface area contributed by atoms with Crippen LogP contribution in [0.25, 0.3) is 0 Å². The fourth-order valence-electron chi connectivity index (χ4n) is 7.88. The topological polar surface area (TPSA) is 90.2 Å². The number of hydrogen-bond donors (Lipinski definition) is 1. The van der Waals surface area contributed by atoms with Crippen LogP contribution in [0.2, 0.25) is 0 Å². The first-order valence-corrected chi connectivity index (χ1v) is 20.3. The molecule has 2 heterocycles. The molecule has 280 valence electrons. The summed E-state index contributed by atoms with van der Waals surface area (Å²) in [5.74, 6) is -0.255. The van der Waals surface area contributed by atoms with E-state index in [2.05, 4.69) is 111 Å². The Morgan fingerprint density at radius 1 is 0.942 bits per heavy atom. The number of para-hydroxylation sites is 2. The van der Waals surface area contributed by atoms with Gasteiger partial charge in [-0.25, -0.2) is 4.79 Å². The molecular weight excluding hydrogens is 671 g/mol. The van der Waals surface area contributed by atoms with Gasteiger partial charge in [0.2, 0.25) is 5.69 Å². The second kappa shape index (κ2) is 15.2. The normalized spacial score (nSPS) is 19.7. The SMILES string of the molecule is CCCCN1/C(=C/C=C2\CCC(/C=C/C3=[N+](CCCCS(=O)(=O)O)c4ccccc4C3(C)C)=C2N(C)C(=O)OC(C)(C)C)C(C)(C)c2ccccc21. The number of hydrogen-bond acceptors (Lipinski definition) is 5. The lowest BCUT2D eigenvalue weighted by atomic mass is 9.81. The Hall–Kier alpha value is -3.95. The van der Waals surface area contributed by atoms with Crippen molar-refractivity contribution >= 4 is 33.3 Å². The lowest BCUT2D eigenvalue weighted by Gasteiger charge is -2.28. The lowest BCUT2D eigenvalue weighted by molar-refractivity contribution is -0.438. The van der Waals surface area contributed by atoms with Gasteiger partial charge in [-0.1, -0.05) is 75.7 Å². The number of rotatable bonds is 12. The zero-order valence-corrected chi connectivity index (χ0v) is 33.4. The minimum Gasteiger partial charge on any atom is -0.443 e. The predicted molar refractivity (Wildman–Crippen MR) is 212 cm³/mol. The second-order valence-electron chi connectivity index (χ2n) is 16.3. The molecule has 0 saturated carbocycles. The third-order valence-corrected chi connectivity index (χ3v) is 11.3. The van der Waals surface area contributed by atoms with Crippen molar-refractivity contribution < 1.29 is 27.1 Å². The number of benzene rings is 2. The number of ether oxygens (including phenoxy) is 1. The third kappa shape index (κ3) is 8.31. The second-order valence-corrected chi connectivity index (χ2v) is 17.9. The quantitative estimate of drug-likeness (QED) is 0.133. The van der Waals surface area contributed by atoms with Crippen LogP contribution in [0.15, 0.2) is 95.4 Å². The van der Waals surface area contributed by atoms with E-state index in [4.69, 9.17) is 4.74 Å². The van der Waals surface area contributed by atoms with Gasteiger partial charge in [-0.15, -0.1) is 0 Å². The highest BCUT2D eigenvalue weighted by atomic mass is 32.2. The Kier molecular flexibility index (Phi) is 11.5. The first kappa shape index (κ1) is 39.3. The average Bonchev–Trinajstić information content (AvgIpc) is 3.63. The summed E-state index contributed by atoms with van der Waals surface area (Å²) in [7, 11) is -2.21. The van der Waals surface area contributed by atoms with Crippen molar-refractivity contribution in [2.75, 3.05) is 30.8 Å². The van der Waals surface area contributed by atoms with Gasteiger partial charge in [0.05, 0.1) is 16.9 Å². The number of likely N-dealkylation sites (N-methyl/N-ethyl adjacent to an activating group) is 1. The number of carbonyl (C=O) groups is 1. The molecule has 2 aromatic rings. The van der Waals surface area contributed by atoms with Crippen molar-refractivity contribution in [2.45, 2.75) is 110 Å². The summed E-state index contributed by atoms with van der Waals surface area (Å²) in [5, 5.41) is 0. The summed E-state index contributed by atoms with van der Waals surface area (Å²) in [6, 6.07) is 17.0. The summed E-state index contributed by atoms with van der Waals surface area (Å²) in [6.45, 7) is 18.5. The minimum atomic E-state index is -4.01. The van der Waals surface area contributed by atoms with Gasteiger partial charge in [0.25, 0.3) is 10.1 Å². The molecule has 2 aromatic carbocycles. The number of unbranched alkanes of at least 4 members (excludes halogenated alkanes) is 2. The first-order chi connectivity index (χ1) is 24.4. The molecule has 0 aromatic heterocycles. The van der Waals surface area contributed by atoms with Gasteiger partial charge < -0.3 is 9.64 Å². The standard InChI is InChI=1S/C43H57N3O5S/c1-10-11-28-45-35-20-14-12-18-33(35)42(5,6)37(45)26-24-31-22-23-32(39(31)44(9)40(47)51-41(2,3)4)25-27-38-43(7,8)34-19-13-15-21-36(34)46(38)29-16-17-30-52(48,49)50/h12-15,18-21,24-27H,10-11,16-17,22-23,28-30H2,1-9H3/p+1. The van der Waals surface area contributed by atoms with Crippen LogP contribution in [-0.2, 0) is 25.7 Å². The van der Waals surface area contributed by atoms with E-state index in [0.29, 0.717) is 19.4 Å². The van der Waals surface area contributed by atoms with E-state index in [1.54, 1.807) is 11.9 Å². The van der Waals surface area contributed by atoms with Crippen molar-refractivity contribution in [2.24, 2.45) is 0 Å². The highest BCUT2D eigenvalue weighted by Crippen LogP contribution is 2.48. The number of carbonyl (C=O) groups excluding carboxylic acids is 1. The van der Waals surface area contributed by atoms with Gasteiger partial charge in [-0.2, -0.15) is 13.0 Å². The lowest BCUT2D eigenvalue weighted by Crippen LogP contribution is -2.34. The largest absolute Gasteiger partial charge is 0.443 e. The molecule has 9 heteroatoms. The van der Waals surface area contributed by atoms with Crippen molar-refractivity contribution in [1.29, 1.82) is 0 Å². The smallest absolute Gasteiger partial charge is 0.414 e. The van der Waals surface area contributed by atoms with Crippen molar-refractivity contribution in [3.63, 3.8) is 0 Å². The molecule has 0 bridgehead atoms. The Balaban J connectivity index is 1.58. The van der Waals surface area contributed by atoms with E-state index in [9.17, 15) is 17.8 Å². The zero-order chi connectivity index (χ0) is 38.1. The molecule has 5 rings (SSSR count). The number of allylic oxidation sites excluding steroid dienone is 7. The first-order valence-electron chi connectivity index (χ1n) is 18.7. The van der Waals surface area contributed by atoms with Gasteiger partial charge in [0, 0.05) is 54.5 Å². The molecule has 0 spiro atoms. The maximum atomic E-state index is 13.6. The van der Waals surface area contributed by atoms with E-state index in [-0.39, 0.29) is 16.6 Å². The van der Waals surface area contributed by atoms with Gasteiger partial charge in [-0.05, 0) is 89.2 Å². The zero-order valence-electron chi connectivity index (χ0n) is 32.6. The molecule has 2 aliphatic heterocycles. The molecule has 0 fully saturated rings. The van der Waals surface area contributed by atoms with Gasteiger partial charge >= 0.3 is 6.09 Å². The molecule has 8 nitrogen and oxygen atoms in total. The number of amides is 1. The van der Waals surface area contributed by atoms with Crippen LogP contribution in [0.4, 0.5) is 16.2 Å². The minimum absolute atomic E-state index is 0.172. The summed E-state index contributed by atoms with van der Waals surface area (Å²) >= 11 is 0. The highest BCUT2D eigenvalue weighted by molar-refractivity contribution is 7.85.